The molecule has 7 nitrogen and oxygen atoms in total. The molecule has 0 atom stereocenters. The lowest BCUT2D eigenvalue weighted by Crippen LogP contribution is -2.32. The molecular weight excluding hydrogens is 399 g/mol. The van der Waals surface area contributed by atoms with Crippen LogP contribution in [-0.4, -0.2) is 21.6 Å². The second kappa shape index (κ2) is 8.66. The van der Waals surface area contributed by atoms with Crippen molar-refractivity contribution in [3.63, 3.8) is 0 Å². The van der Waals surface area contributed by atoms with Crippen LogP contribution < -0.4 is 16.2 Å². The molecule has 2 N–H and O–H groups in total. The number of hydrogen-bond donors (Lipinski definition) is 2. The number of benzene rings is 2. The van der Waals surface area contributed by atoms with Gasteiger partial charge in [-0.25, -0.2) is 9.07 Å². The van der Waals surface area contributed by atoms with Crippen molar-refractivity contribution in [2.45, 2.75) is 13.5 Å². The van der Waals surface area contributed by atoms with Crippen molar-refractivity contribution < 1.29 is 14.0 Å². The van der Waals surface area contributed by atoms with Gasteiger partial charge in [0.25, 0.3) is 5.56 Å². The first-order chi connectivity index (χ1) is 13.8. The maximum atomic E-state index is 13.7. The predicted octanol–water partition coefficient (Wildman–Crippen LogP) is 3.30. The molecule has 0 spiro atoms. The normalized spacial score (nSPS) is 10.4. The molecule has 0 aliphatic rings. The Balaban J connectivity index is 1.95. The minimum atomic E-state index is -0.665. The Morgan fingerprint density at radius 1 is 1.07 bits per heavy atom. The lowest BCUT2D eigenvalue weighted by molar-refractivity contribution is -0.117. The first-order valence-corrected chi connectivity index (χ1v) is 8.91. The number of nitrogens with one attached hydrogen (secondary N) is 2. The molecule has 0 radical (unpaired) electrons. The van der Waals surface area contributed by atoms with Gasteiger partial charge in [-0.2, -0.15) is 5.10 Å². The quantitative estimate of drug-likeness (QED) is 0.670. The minimum Gasteiger partial charge on any atom is -0.322 e. The number of nitrogens with zero attached hydrogens (tertiary/aromatic N) is 2. The van der Waals surface area contributed by atoms with E-state index in [0.717, 1.165) is 4.68 Å². The lowest BCUT2D eigenvalue weighted by Gasteiger charge is -2.12. The Morgan fingerprint density at radius 2 is 1.76 bits per heavy atom. The number of anilines is 2. The third kappa shape index (κ3) is 5.05. The standard InChI is InChI=1S/C20H16ClFN4O3/c1-12(27)23-18-10-17(13-6-8-14(21)9-7-13)25-26(20(18)29)11-19(28)24-16-5-3-2-4-15(16)22/h2-10H,11H2,1H3,(H,23,27)(H,24,28). The fourth-order valence-corrected chi connectivity index (χ4v) is 2.70. The van der Waals surface area contributed by atoms with Crippen LogP contribution in [-0.2, 0) is 16.1 Å². The van der Waals surface area contributed by atoms with Crippen molar-refractivity contribution >= 4 is 34.8 Å². The van der Waals surface area contributed by atoms with Crippen LogP contribution in [0.4, 0.5) is 15.8 Å². The summed E-state index contributed by atoms with van der Waals surface area (Å²) in [6.45, 7) is 0.790. The van der Waals surface area contributed by atoms with Gasteiger partial charge in [0, 0.05) is 17.5 Å². The highest BCUT2D eigenvalue weighted by Gasteiger charge is 2.15. The third-order valence-corrected chi connectivity index (χ3v) is 4.12. The number of hydrogen-bond acceptors (Lipinski definition) is 4. The molecule has 0 aliphatic carbocycles. The van der Waals surface area contributed by atoms with Gasteiger partial charge in [0.05, 0.1) is 11.4 Å². The van der Waals surface area contributed by atoms with Gasteiger partial charge in [-0.1, -0.05) is 35.9 Å². The Kier molecular flexibility index (Phi) is 6.04. The number of para-hydroxylation sites is 1. The maximum absolute atomic E-state index is 13.7. The van der Waals surface area contributed by atoms with Crippen LogP contribution in [0.15, 0.2) is 59.4 Å². The molecule has 0 aliphatic heterocycles. The number of amides is 2. The smallest absolute Gasteiger partial charge is 0.291 e. The maximum Gasteiger partial charge on any atom is 0.291 e. The van der Waals surface area contributed by atoms with Gasteiger partial charge in [-0.05, 0) is 30.3 Å². The van der Waals surface area contributed by atoms with E-state index >= 15 is 0 Å². The molecule has 2 aromatic carbocycles. The number of rotatable bonds is 5. The van der Waals surface area contributed by atoms with E-state index in [2.05, 4.69) is 15.7 Å². The third-order valence-electron chi connectivity index (χ3n) is 3.87. The summed E-state index contributed by atoms with van der Waals surface area (Å²) in [6, 6.07) is 13.8. The molecule has 0 fully saturated rings. The van der Waals surface area contributed by atoms with Crippen LogP contribution in [0.25, 0.3) is 11.3 Å². The Labute approximate surface area is 170 Å². The van der Waals surface area contributed by atoms with Crippen LogP contribution >= 0.6 is 11.6 Å². The summed E-state index contributed by atoms with van der Waals surface area (Å²) in [5.41, 5.74) is 0.271. The van der Waals surface area contributed by atoms with Crippen LogP contribution in [0, 0.1) is 5.82 Å². The van der Waals surface area contributed by atoms with Crippen LogP contribution in [0.3, 0.4) is 0 Å². The molecule has 29 heavy (non-hydrogen) atoms. The minimum absolute atomic E-state index is 0.0125. The zero-order valence-electron chi connectivity index (χ0n) is 15.3. The zero-order valence-corrected chi connectivity index (χ0v) is 16.0. The molecule has 0 saturated heterocycles. The Bertz CT molecular complexity index is 1130. The largest absolute Gasteiger partial charge is 0.322 e. The van der Waals surface area contributed by atoms with Crippen LogP contribution in [0.1, 0.15) is 6.92 Å². The highest BCUT2D eigenvalue weighted by molar-refractivity contribution is 6.30. The van der Waals surface area contributed by atoms with Gasteiger partial charge in [-0.3, -0.25) is 14.4 Å². The number of carbonyl (C=O) groups excluding carboxylic acids is 2. The topological polar surface area (TPSA) is 93.1 Å². The van der Waals surface area contributed by atoms with E-state index in [0.29, 0.717) is 16.3 Å². The molecule has 1 aromatic heterocycles. The average Bonchev–Trinajstić information content (AvgIpc) is 2.67. The highest BCUT2D eigenvalue weighted by atomic mass is 35.5. The van der Waals surface area contributed by atoms with Crippen molar-refractivity contribution in [2.75, 3.05) is 10.6 Å². The fraction of sp³-hybridized carbons (Fsp3) is 0.100. The van der Waals surface area contributed by atoms with Crippen LogP contribution in [0.5, 0.6) is 0 Å². The molecular formula is C20H16ClFN4O3. The second-order valence-corrected chi connectivity index (χ2v) is 6.56. The van der Waals surface area contributed by atoms with E-state index in [4.69, 9.17) is 11.6 Å². The summed E-state index contributed by atoms with van der Waals surface area (Å²) >= 11 is 5.90. The Hall–Kier alpha value is -3.52. The van der Waals surface area contributed by atoms with E-state index in [-0.39, 0.29) is 11.4 Å². The van der Waals surface area contributed by atoms with E-state index in [1.165, 1.54) is 31.2 Å². The lowest BCUT2D eigenvalue weighted by atomic mass is 10.1. The molecule has 2 amide bonds. The Morgan fingerprint density at radius 3 is 2.41 bits per heavy atom. The summed E-state index contributed by atoms with van der Waals surface area (Å²) in [7, 11) is 0. The van der Waals surface area contributed by atoms with Crippen molar-refractivity contribution in [1.29, 1.82) is 0 Å². The number of aromatic nitrogens is 2. The zero-order chi connectivity index (χ0) is 21.0. The van der Waals surface area contributed by atoms with Gasteiger partial charge in [0.1, 0.15) is 18.0 Å². The molecule has 9 heteroatoms. The summed E-state index contributed by atoms with van der Waals surface area (Å²) in [5, 5.41) is 9.55. The van der Waals surface area contributed by atoms with E-state index in [1.807, 2.05) is 0 Å². The molecule has 0 unspecified atom stereocenters. The first-order valence-electron chi connectivity index (χ1n) is 8.53. The molecule has 0 bridgehead atoms. The van der Waals surface area contributed by atoms with Crippen molar-refractivity contribution in [2.24, 2.45) is 0 Å². The fourth-order valence-electron chi connectivity index (χ4n) is 2.58. The highest BCUT2D eigenvalue weighted by Crippen LogP contribution is 2.21. The average molecular weight is 415 g/mol. The summed E-state index contributed by atoms with van der Waals surface area (Å²) in [5.74, 6) is -1.69. The number of carbonyl (C=O) groups is 2. The summed E-state index contributed by atoms with van der Waals surface area (Å²) in [6.07, 6.45) is 0. The molecule has 0 saturated carbocycles. The van der Waals surface area contributed by atoms with Gasteiger partial charge in [0.2, 0.25) is 11.8 Å². The van der Waals surface area contributed by atoms with Gasteiger partial charge < -0.3 is 10.6 Å². The predicted molar refractivity (Wildman–Crippen MR) is 108 cm³/mol. The number of halogens is 2. The van der Waals surface area contributed by atoms with Crippen molar-refractivity contribution in [1.82, 2.24) is 9.78 Å². The van der Waals surface area contributed by atoms with Crippen molar-refractivity contribution in [3.05, 3.63) is 75.8 Å². The molecule has 1 heterocycles. The van der Waals surface area contributed by atoms with E-state index in [9.17, 15) is 18.8 Å². The van der Waals surface area contributed by atoms with Crippen molar-refractivity contribution in [3.8, 4) is 11.3 Å². The van der Waals surface area contributed by atoms with E-state index < -0.39 is 29.7 Å². The second-order valence-electron chi connectivity index (χ2n) is 6.12. The summed E-state index contributed by atoms with van der Waals surface area (Å²) in [4.78, 5) is 36.4. The van der Waals surface area contributed by atoms with E-state index in [1.54, 1.807) is 30.3 Å². The van der Waals surface area contributed by atoms with Gasteiger partial charge in [0.15, 0.2) is 0 Å². The monoisotopic (exact) mass is 414 g/mol. The SMILES string of the molecule is CC(=O)Nc1cc(-c2ccc(Cl)cc2)nn(CC(=O)Nc2ccccc2F)c1=O. The summed E-state index contributed by atoms with van der Waals surface area (Å²) < 4.78 is 14.6. The van der Waals surface area contributed by atoms with Gasteiger partial charge in [-0.15, -0.1) is 0 Å². The first kappa shape index (κ1) is 20.2. The molecule has 3 rings (SSSR count). The molecule has 148 valence electrons. The molecule has 3 aromatic rings. The van der Waals surface area contributed by atoms with Gasteiger partial charge >= 0.3 is 0 Å². The van der Waals surface area contributed by atoms with Crippen LogP contribution in [0.2, 0.25) is 5.02 Å².